The van der Waals surface area contributed by atoms with Crippen molar-refractivity contribution in [2.45, 2.75) is 18.6 Å². The van der Waals surface area contributed by atoms with Crippen molar-refractivity contribution in [1.29, 1.82) is 0 Å². The number of furan rings is 1. The van der Waals surface area contributed by atoms with Crippen LogP contribution in [0.1, 0.15) is 12.5 Å². The van der Waals surface area contributed by atoms with E-state index >= 15 is 0 Å². The first-order valence-corrected chi connectivity index (χ1v) is 7.86. The fraction of sp³-hybridized carbons (Fsp3) is 0.188. The summed E-state index contributed by atoms with van der Waals surface area (Å²) in [6.45, 7) is 2.20. The van der Waals surface area contributed by atoms with Gasteiger partial charge < -0.3 is 4.42 Å². The molecule has 0 aliphatic carbocycles. The second-order valence-corrected chi connectivity index (χ2v) is 5.79. The van der Waals surface area contributed by atoms with Crippen molar-refractivity contribution in [3.63, 3.8) is 0 Å². The highest BCUT2D eigenvalue weighted by Gasteiger charge is 2.17. The summed E-state index contributed by atoms with van der Waals surface area (Å²) in [7, 11) is 0. The Labute approximate surface area is 132 Å². The number of aromatic nitrogens is 3. The van der Waals surface area contributed by atoms with Crippen LogP contribution in [-0.2, 0) is 11.3 Å². The van der Waals surface area contributed by atoms with E-state index in [1.165, 1.54) is 11.8 Å². The molecule has 1 aromatic carbocycles. The Morgan fingerprint density at radius 3 is 2.68 bits per heavy atom. The van der Waals surface area contributed by atoms with Gasteiger partial charge >= 0.3 is 0 Å². The topological polar surface area (TPSA) is 60.9 Å². The number of carbonyl (C=O) groups excluding carboxylic acids is 1. The molecule has 0 saturated carbocycles. The lowest BCUT2D eigenvalue weighted by atomic mass is 10.2. The van der Waals surface area contributed by atoms with Crippen LogP contribution in [0.2, 0.25) is 0 Å². The number of carbonyl (C=O) groups is 1. The maximum absolute atomic E-state index is 11.2. The number of Topliss-reactive ketones (excluding diaryl/α,β-unsaturated/α-hetero) is 1. The Morgan fingerprint density at radius 2 is 2.00 bits per heavy atom. The van der Waals surface area contributed by atoms with E-state index in [9.17, 15) is 4.79 Å². The Bertz CT molecular complexity index is 751. The SMILES string of the molecule is CC(=O)CSc1nnc(-c2ccco2)n1Cc1ccccc1. The summed E-state index contributed by atoms with van der Waals surface area (Å²) in [5, 5.41) is 9.14. The molecule has 22 heavy (non-hydrogen) atoms. The molecule has 0 amide bonds. The van der Waals surface area contributed by atoms with Crippen molar-refractivity contribution in [3.8, 4) is 11.6 Å². The normalized spacial score (nSPS) is 10.8. The third-order valence-corrected chi connectivity index (χ3v) is 4.16. The van der Waals surface area contributed by atoms with E-state index in [-0.39, 0.29) is 5.78 Å². The van der Waals surface area contributed by atoms with Gasteiger partial charge in [-0.3, -0.25) is 9.36 Å². The number of hydrogen-bond acceptors (Lipinski definition) is 5. The summed E-state index contributed by atoms with van der Waals surface area (Å²) in [5.41, 5.74) is 1.14. The first-order valence-electron chi connectivity index (χ1n) is 6.87. The molecule has 6 heteroatoms. The lowest BCUT2D eigenvalue weighted by Gasteiger charge is -2.08. The van der Waals surface area contributed by atoms with Crippen molar-refractivity contribution in [2.24, 2.45) is 0 Å². The molecule has 0 bridgehead atoms. The van der Waals surface area contributed by atoms with Gasteiger partial charge in [-0.25, -0.2) is 0 Å². The number of hydrogen-bond donors (Lipinski definition) is 0. The lowest BCUT2D eigenvalue weighted by Crippen LogP contribution is -2.05. The average Bonchev–Trinajstić information content (AvgIpc) is 3.16. The Morgan fingerprint density at radius 1 is 1.18 bits per heavy atom. The van der Waals surface area contributed by atoms with Crippen molar-refractivity contribution in [3.05, 3.63) is 54.3 Å². The number of benzene rings is 1. The summed E-state index contributed by atoms with van der Waals surface area (Å²) in [6.07, 6.45) is 1.61. The molecule has 0 radical (unpaired) electrons. The van der Waals surface area contributed by atoms with Crippen LogP contribution in [0.4, 0.5) is 0 Å². The molecule has 5 nitrogen and oxygen atoms in total. The minimum absolute atomic E-state index is 0.110. The molecular formula is C16H15N3O2S. The Hall–Kier alpha value is -2.34. The minimum atomic E-state index is 0.110. The highest BCUT2D eigenvalue weighted by molar-refractivity contribution is 7.99. The molecule has 0 saturated heterocycles. The fourth-order valence-corrected chi connectivity index (χ4v) is 2.80. The van der Waals surface area contributed by atoms with Gasteiger partial charge in [-0.2, -0.15) is 0 Å². The van der Waals surface area contributed by atoms with Crippen LogP contribution in [0.15, 0.2) is 58.3 Å². The number of ketones is 1. The zero-order chi connectivity index (χ0) is 15.4. The number of thioether (sulfide) groups is 1. The molecule has 0 fully saturated rings. The zero-order valence-electron chi connectivity index (χ0n) is 12.1. The molecule has 3 rings (SSSR count). The van der Waals surface area contributed by atoms with Crippen LogP contribution in [0.25, 0.3) is 11.6 Å². The first kappa shape index (κ1) is 14.6. The molecule has 0 N–H and O–H groups in total. The molecule has 0 aliphatic rings. The maximum atomic E-state index is 11.2. The molecule has 112 valence electrons. The van der Waals surface area contributed by atoms with Gasteiger partial charge in [-0.15, -0.1) is 10.2 Å². The quantitative estimate of drug-likeness (QED) is 0.654. The van der Waals surface area contributed by atoms with Gasteiger partial charge in [-0.1, -0.05) is 42.1 Å². The van der Waals surface area contributed by atoms with Gasteiger partial charge in [0.2, 0.25) is 5.82 Å². The molecule has 0 atom stereocenters. The standard InChI is InChI=1S/C16H15N3O2S/c1-12(20)11-22-16-18-17-15(14-8-5-9-21-14)19(16)10-13-6-3-2-4-7-13/h2-9H,10-11H2,1H3. The largest absolute Gasteiger partial charge is 0.461 e. The van der Waals surface area contributed by atoms with E-state index < -0.39 is 0 Å². The lowest BCUT2D eigenvalue weighted by molar-refractivity contribution is -0.114. The van der Waals surface area contributed by atoms with E-state index in [0.29, 0.717) is 29.0 Å². The van der Waals surface area contributed by atoms with Crippen molar-refractivity contribution < 1.29 is 9.21 Å². The highest BCUT2D eigenvalue weighted by Crippen LogP contribution is 2.25. The van der Waals surface area contributed by atoms with Crippen LogP contribution in [0.3, 0.4) is 0 Å². The van der Waals surface area contributed by atoms with Gasteiger partial charge in [0.25, 0.3) is 0 Å². The fourth-order valence-electron chi connectivity index (χ4n) is 2.06. The van der Waals surface area contributed by atoms with Gasteiger partial charge in [0.05, 0.1) is 18.6 Å². The van der Waals surface area contributed by atoms with E-state index in [1.54, 1.807) is 13.2 Å². The third-order valence-electron chi connectivity index (χ3n) is 3.05. The second kappa shape index (κ2) is 6.62. The summed E-state index contributed by atoms with van der Waals surface area (Å²) in [5.74, 6) is 1.82. The van der Waals surface area contributed by atoms with Crippen LogP contribution < -0.4 is 0 Å². The summed E-state index contributed by atoms with van der Waals surface area (Å²) in [6, 6.07) is 13.7. The summed E-state index contributed by atoms with van der Waals surface area (Å²) >= 11 is 1.39. The Balaban J connectivity index is 1.95. The second-order valence-electron chi connectivity index (χ2n) is 4.85. The van der Waals surface area contributed by atoms with Gasteiger partial charge in [0, 0.05) is 0 Å². The van der Waals surface area contributed by atoms with E-state index in [4.69, 9.17) is 4.42 Å². The smallest absolute Gasteiger partial charge is 0.200 e. The van der Waals surface area contributed by atoms with Crippen LogP contribution in [0.5, 0.6) is 0 Å². The van der Waals surface area contributed by atoms with Crippen molar-refractivity contribution in [2.75, 3.05) is 5.75 Å². The number of nitrogens with zero attached hydrogens (tertiary/aromatic N) is 3. The van der Waals surface area contributed by atoms with E-state index in [1.807, 2.05) is 47.0 Å². The predicted octanol–water partition coefficient (Wildman–Crippen LogP) is 3.27. The molecule has 3 aromatic rings. The minimum Gasteiger partial charge on any atom is -0.461 e. The van der Waals surface area contributed by atoms with E-state index in [2.05, 4.69) is 10.2 Å². The first-order chi connectivity index (χ1) is 10.7. The van der Waals surface area contributed by atoms with Crippen LogP contribution in [0, 0.1) is 0 Å². The van der Waals surface area contributed by atoms with Crippen LogP contribution >= 0.6 is 11.8 Å². The van der Waals surface area contributed by atoms with Gasteiger partial charge in [-0.05, 0) is 24.6 Å². The zero-order valence-corrected chi connectivity index (χ0v) is 12.9. The van der Waals surface area contributed by atoms with E-state index in [0.717, 1.165) is 5.56 Å². The monoisotopic (exact) mass is 313 g/mol. The predicted molar refractivity (Wildman–Crippen MR) is 84.7 cm³/mol. The van der Waals surface area contributed by atoms with Gasteiger partial charge in [0.15, 0.2) is 10.9 Å². The summed E-state index contributed by atoms with van der Waals surface area (Å²) < 4.78 is 7.41. The van der Waals surface area contributed by atoms with Crippen LogP contribution in [-0.4, -0.2) is 26.3 Å². The summed E-state index contributed by atoms with van der Waals surface area (Å²) in [4.78, 5) is 11.2. The van der Waals surface area contributed by atoms with Crippen molar-refractivity contribution >= 4 is 17.5 Å². The molecule has 2 aromatic heterocycles. The van der Waals surface area contributed by atoms with Crippen molar-refractivity contribution in [1.82, 2.24) is 14.8 Å². The maximum Gasteiger partial charge on any atom is 0.200 e. The molecule has 2 heterocycles. The molecule has 0 aliphatic heterocycles. The molecule has 0 spiro atoms. The van der Waals surface area contributed by atoms with Gasteiger partial charge in [0.1, 0.15) is 5.78 Å². The average molecular weight is 313 g/mol. The molecular weight excluding hydrogens is 298 g/mol. The highest BCUT2D eigenvalue weighted by atomic mass is 32.2. The molecule has 0 unspecified atom stereocenters. The Kier molecular flexibility index (Phi) is 4.39. The third kappa shape index (κ3) is 3.28. The number of rotatable bonds is 6.